The molecule has 1 rings (SSSR count). The van der Waals surface area contributed by atoms with E-state index in [1.165, 1.54) is 83.5 Å². The molecule has 1 heterocycles. The van der Waals surface area contributed by atoms with Gasteiger partial charge in [0.2, 0.25) is 11.8 Å². The molecule has 0 aromatic heterocycles. The van der Waals surface area contributed by atoms with Crippen LogP contribution in [0.15, 0.2) is 48.6 Å². The van der Waals surface area contributed by atoms with Crippen molar-refractivity contribution in [3.63, 3.8) is 0 Å². The number of allylic oxidation sites excluding steroid dienone is 8. The SMILES string of the molecule is CCCCC/C=C\C/C=C\CCCCCCCCOC(=O)C1CC(NC(=O)CCCN(C)C)CN1C(=O)CCCCCCC/C=C\C/C=C\CCCCC. The number of carbonyl (C=O) groups excluding carboxylic acids is 3. The third kappa shape index (κ3) is 28.7. The summed E-state index contributed by atoms with van der Waals surface area (Å²) < 4.78 is 5.73. The highest BCUT2D eigenvalue weighted by Gasteiger charge is 2.40. The second-order valence-corrected chi connectivity index (χ2v) is 15.7. The number of nitrogens with one attached hydrogen (secondary N) is 1. The van der Waals surface area contributed by atoms with E-state index in [-0.39, 0.29) is 23.8 Å². The molecule has 2 amide bonds. The number of rotatable bonds is 35. The number of unbranched alkanes of at least 4 members (excludes halogenated alkanes) is 17. The first-order valence-electron chi connectivity index (χ1n) is 22.4. The molecule has 54 heavy (non-hydrogen) atoms. The van der Waals surface area contributed by atoms with Gasteiger partial charge in [-0.05, 0) is 104 Å². The third-order valence-corrected chi connectivity index (χ3v) is 10.2. The Kier molecular flexibility index (Phi) is 32.9. The first-order valence-corrected chi connectivity index (χ1v) is 22.4. The van der Waals surface area contributed by atoms with Crippen molar-refractivity contribution in [1.29, 1.82) is 0 Å². The topological polar surface area (TPSA) is 79.0 Å². The van der Waals surface area contributed by atoms with Crippen LogP contribution < -0.4 is 5.32 Å². The van der Waals surface area contributed by atoms with Gasteiger partial charge < -0.3 is 19.9 Å². The van der Waals surface area contributed by atoms with Gasteiger partial charge >= 0.3 is 5.97 Å². The summed E-state index contributed by atoms with van der Waals surface area (Å²) in [6, 6.07) is -0.836. The van der Waals surface area contributed by atoms with E-state index in [1.807, 2.05) is 14.1 Å². The molecule has 0 aromatic rings. The summed E-state index contributed by atoms with van der Waals surface area (Å²) in [4.78, 5) is 43.0. The van der Waals surface area contributed by atoms with Gasteiger partial charge in [-0.15, -0.1) is 0 Å². The molecule has 0 radical (unpaired) electrons. The van der Waals surface area contributed by atoms with Gasteiger partial charge in [0.05, 0.1) is 6.61 Å². The fourth-order valence-corrected chi connectivity index (χ4v) is 6.89. The lowest BCUT2D eigenvalue weighted by Crippen LogP contribution is -2.42. The summed E-state index contributed by atoms with van der Waals surface area (Å²) in [6.07, 6.45) is 46.9. The monoisotopic (exact) mass is 754 g/mol. The lowest BCUT2D eigenvalue weighted by molar-refractivity contribution is -0.153. The first kappa shape index (κ1) is 49.3. The van der Waals surface area contributed by atoms with Crippen LogP contribution in [0.1, 0.15) is 187 Å². The van der Waals surface area contributed by atoms with Crippen molar-refractivity contribution in [1.82, 2.24) is 15.1 Å². The van der Waals surface area contributed by atoms with E-state index in [0.29, 0.717) is 32.4 Å². The summed E-state index contributed by atoms with van der Waals surface area (Å²) in [5.41, 5.74) is 0. The molecule has 1 aliphatic rings. The summed E-state index contributed by atoms with van der Waals surface area (Å²) >= 11 is 0. The van der Waals surface area contributed by atoms with Gasteiger partial charge in [-0.1, -0.05) is 133 Å². The second-order valence-electron chi connectivity index (χ2n) is 15.7. The van der Waals surface area contributed by atoms with Crippen molar-refractivity contribution in [2.75, 3.05) is 33.8 Å². The fourth-order valence-electron chi connectivity index (χ4n) is 6.89. The molecular weight excluding hydrogens is 671 g/mol. The molecule has 2 unspecified atom stereocenters. The van der Waals surface area contributed by atoms with Crippen molar-refractivity contribution >= 4 is 17.8 Å². The largest absolute Gasteiger partial charge is 0.464 e. The van der Waals surface area contributed by atoms with Crippen LogP contribution in [0.25, 0.3) is 0 Å². The maximum atomic E-state index is 13.4. The zero-order chi connectivity index (χ0) is 39.3. The van der Waals surface area contributed by atoms with Crippen LogP contribution in [0, 0.1) is 0 Å². The first-order chi connectivity index (χ1) is 26.4. The number of esters is 1. The minimum Gasteiger partial charge on any atom is -0.464 e. The molecule has 0 bridgehead atoms. The van der Waals surface area contributed by atoms with E-state index in [2.05, 4.69) is 72.7 Å². The van der Waals surface area contributed by atoms with E-state index in [1.54, 1.807) is 4.90 Å². The lowest BCUT2D eigenvalue weighted by atomic mass is 10.1. The molecular formula is C47H83N3O4. The Morgan fingerprint density at radius 2 is 1.09 bits per heavy atom. The predicted octanol–water partition coefficient (Wildman–Crippen LogP) is 11.6. The van der Waals surface area contributed by atoms with Crippen LogP contribution in [0.5, 0.6) is 0 Å². The van der Waals surface area contributed by atoms with Crippen molar-refractivity contribution in [3.05, 3.63) is 48.6 Å². The Morgan fingerprint density at radius 1 is 0.611 bits per heavy atom. The summed E-state index contributed by atoms with van der Waals surface area (Å²) in [5, 5.41) is 3.09. The Morgan fingerprint density at radius 3 is 1.61 bits per heavy atom. The quantitative estimate of drug-likeness (QED) is 0.0396. The number of likely N-dealkylation sites (tertiary alicyclic amines) is 1. The van der Waals surface area contributed by atoms with Gasteiger partial charge in [0.25, 0.3) is 0 Å². The molecule has 1 N–H and O–H groups in total. The van der Waals surface area contributed by atoms with Crippen molar-refractivity contribution in [2.24, 2.45) is 0 Å². The Bertz CT molecular complexity index is 1050. The molecule has 1 saturated heterocycles. The second kappa shape index (κ2) is 36.0. The molecule has 1 aliphatic heterocycles. The highest BCUT2D eigenvalue weighted by molar-refractivity contribution is 5.86. The van der Waals surface area contributed by atoms with E-state index in [0.717, 1.165) is 77.2 Å². The number of ether oxygens (including phenoxy) is 1. The van der Waals surface area contributed by atoms with E-state index in [9.17, 15) is 14.4 Å². The number of nitrogens with zero attached hydrogens (tertiary/aromatic N) is 2. The minimum atomic E-state index is -0.618. The average molecular weight is 754 g/mol. The predicted molar refractivity (Wildman–Crippen MR) is 230 cm³/mol. The van der Waals surface area contributed by atoms with Gasteiger partial charge in [-0.3, -0.25) is 9.59 Å². The highest BCUT2D eigenvalue weighted by Crippen LogP contribution is 2.22. The Hall–Kier alpha value is -2.67. The van der Waals surface area contributed by atoms with Crippen LogP contribution in [0.2, 0.25) is 0 Å². The number of hydrogen-bond donors (Lipinski definition) is 1. The lowest BCUT2D eigenvalue weighted by Gasteiger charge is -2.23. The summed E-state index contributed by atoms with van der Waals surface area (Å²) in [5.74, 6) is -0.339. The van der Waals surface area contributed by atoms with Crippen molar-refractivity contribution in [2.45, 2.75) is 199 Å². The van der Waals surface area contributed by atoms with Crippen LogP contribution in [0.3, 0.4) is 0 Å². The van der Waals surface area contributed by atoms with E-state index < -0.39 is 6.04 Å². The smallest absolute Gasteiger partial charge is 0.328 e. The molecule has 0 aromatic carbocycles. The van der Waals surface area contributed by atoms with Crippen LogP contribution in [-0.4, -0.2) is 73.5 Å². The molecule has 7 heteroatoms. The van der Waals surface area contributed by atoms with Gasteiger partial charge in [-0.2, -0.15) is 0 Å². The average Bonchev–Trinajstić information content (AvgIpc) is 3.58. The maximum Gasteiger partial charge on any atom is 0.328 e. The molecule has 2 atom stereocenters. The number of carbonyl (C=O) groups is 3. The minimum absolute atomic E-state index is 0.000655. The zero-order valence-corrected chi connectivity index (χ0v) is 35.5. The highest BCUT2D eigenvalue weighted by atomic mass is 16.5. The van der Waals surface area contributed by atoms with E-state index in [4.69, 9.17) is 4.74 Å². The molecule has 0 aliphatic carbocycles. The van der Waals surface area contributed by atoms with Gasteiger partial charge in [0.1, 0.15) is 6.04 Å². The van der Waals surface area contributed by atoms with E-state index >= 15 is 0 Å². The zero-order valence-electron chi connectivity index (χ0n) is 35.5. The van der Waals surface area contributed by atoms with Crippen molar-refractivity contribution < 1.29 is 19.1 Å². The van der Waals surface area contributed by atoms with Gasteiger partial charge in [0.15, 0.2) is 0 Å². The molecule has 0 saturated carbocycles. The molecule has 310 valence electrons. The molecule has 0 spiro atoms. The summed E-state index contributed by atoms with van der Waals surface area (Å²) in [6.45, 7) is 6.10. The van der Waals surface area contributed by atoms with Crippen LogP contribution in [-0.2, 0) is 19.1 Å². The Labute approximate surface area is 332 Å². The normalized spacial score (nSPS) is 16.3. The maximum absolute atomic E-state index is 13.4. The van der Waals surface area contributed by atoms with Gasteiger partial charge in [-0.25, -0.2) is 4.79 Å². The van der Waals surface area contributed by atoms with Crippen LogP contribution >= 0.6 is 0 Å². The Balaban J connectivity index is 2.35. The fraction of sp³-hybridized carbons (Fsp3) is 0.766. The number of hydrogen-bond acceptors (Lipinski definition) is 5. The molecule has 1 fully saturated rings. The van der Waals surface area contributed by atoms with Gasteiger partial charge in [0, 0.05) is 31.8 Å². The van der Waals surface area contributed by atoms with Crippen LogP contribution in [0.4, 0.5) is 0 Å². The molecule has 7 nitrogen and oxygen atoms in total. The standard InChI is InChI=1S/C47H83N3O4/c1-5-7-9-11-13-15-17-19-21-23-25-27-29-31-33-35-40-54-47(53)44-41-43(48-45(51)37-36-39-49(3)4)42-50(44)46(52)38-34-32-30-28-26-24-22-20-18-16-14-12-10-8-6-2/h13-16,19-22,43-44H,5-12,17-18,23-42H2,1-4H3,(H,48,51)/b15-13-,16-14-,21-19-,22-20-. The summed E-state index contributed by atoms with van der Waals surface area (Å²) in [7, 11) is 4.00. The number of amides is 2. The van der Waals surface area contributed by atoms with Crippen molar-refractivity contribution in [3.8, 4) is 0 Å². The third-order valence-electron chi connectivity index (χ3n) is 10.2.